The Hall–Kier alpha value is -0.960. The average molecular weight is 219 g/mol. The number of hydrogen-bond acceptors (Lipinski definition) is 3. The van der Waals surface area contributed by atoms with E-state index in [9.17, 15) is 0 Å². The Bertz CT molecular complexity index is 343. The first-order chi connectivity index (χ1) is 7.79. The fraction of sp³-hybridized carbons (Fsp3) is 0.692. The molecule has 1 aliphatic carbocycles. The van der Waals surface area contributed by atoms with Gasteiger partial charge in [-0.1, -0.05) is 19.3 Å². The number of hydrogen-bond donors (Lipinski definition) is 1. The van der Waals surface area contributed by atoms with Gasteiger partial charge in [-0.05, 0) is 32.9 Å². The second-order valence-corrected chi connectivity index (χ2v) is 4.70. The Kier molecular flexibility index (Phi) is 3.88. The van der Waals surface area contributed by atoms with Crippen molar-refractivity contribution >= 4 is 0 Å². The van der Waals surface area contributed by atoms with E-state index in [1.165, 1.54) is 37.8 Å². The maximum absolute atomic E-state index is 4.60. The lowest BCUT2D eigenvalue weighted by Gasteiger charge is -2.21. The third-order valence-corrected chi connectivity index (χ3v) is 3.29. The fourth-order valence-corrected chi connectivity index (χ4v) is 2.53. The second-order valence-electron chi connectivity index (χ2n) is 4.70. The minimum absolute atomic E-state index is 0.672. The van der Waals surface area contributed by atoms with E-state index in [1.54, 1.807) is 0 Å². The van der Waals surface area contributed by atoms with Crippen molar-refractivity contribution < 1.29 is 0 Å². The van der Waals surface area contributed by atoms with E-state index in [0.717, 1.165) is 18.1 Å². The molecule has 3 heteroatoms. The lowest BCUT2D eigenvalue weighted by molar-refractivity contribution is 0.435. The van der Waals surface area contributed by atoms with E-state index < -0.39 is 0 Å². The van der Waals surface area contributed by atoms with Crippen LogP contribution in [-0.2, 0) is 6.54 Å². The molecule has 1 aliphatic rings. The van der Waals surface area contributed by atoms with Gasteiger partial charge < -0.3 is 5.32 Å². The third kappa shape index (κ3) is 2.79. The van der Waals surface area contributed by atoms with E-state index in [0.29, 0.717) is 5.92 Å². The number of aryl methyl sites for hydroxylation is 1. The molecule has 0 radical (unpaired) electrons. The second kappa shape index (κ2) is 5.39. The van der Waals surface area contributed by atoms with Crippen LogP contribution in [0.2, 0.25) is 0 Å². The summed E-state index contributed by atoms with van der Waals surface area (Å²) >= 11 is 0. The zero-order valence-electron chi connectivity index (χ0n) is 10.3. The molecule has 1 N–H and O–H groups in total. The Labute approximate surface area is 97.7 Å². The molecule has 0 aromatic carbocycles. The van der Waals surface area contributed by atoms with Crippen molar-refractivity contribution in [1.82, 2.24) is 15.3 Å². The zero-order chi connectivity index (χ0) is 11.4. The highest BCUT2D eigenvalue weighted by atomic mass is 14.9. The lowest BCUT2D eigenvalue weighted by Crippen LogP contribution is -2.12. The molecule has 16 heavy (non-hydrogen) atoms. The van der Waals surface area contributed by atoms with Crippen LogP contribution in [0, 0.1) is 6.92 Å². The summed E-state index contributed by atoms with van der Waals surface area (Å²) in [5.74, 6) is 1.58. The minimum Gasteiger partial charge on any atom is -0.314 e. The predicted octanol–water partition coefficient (Wildman–Crippen LogP) is 2.55. The van der Waals surface area contributed by atoms with Crippen LogP contribution < -0.4 is 5.32 Å². The van der Waals surface area contributed by atoms with Gasteiger partial charge >= 0.3 is 0 Å². The number of rotatable bonds is 3. The van der Waals surface area contributed by atoms with E-state index in [-0.39, 0.29) is 0 Å². The quantitative estimate of drug-likeness (QED) is 0.849. The van der Waals surface area contributed by atoms with E-state index in [2.05, 4.69) is 21.4 Å². The van der Waals surface area contributed by atoms with Crippen molar-refractivity contribution in [3.63, 3.8) is 0 Å². The van der Waals surface area contributed by atoms with Gasteiger partial charge in [0.25, 0.3) is 0 Å². The van der Waals surface area contributed by atoms with Gasteiger partial charge in [-0.25, -0.2) is 9.97 Å². The number of nitrogens with one attached hydrogen (secondary N) is 1. The van der Waals surface area contributed by atoms with Gasteiger partial charge in [-0.2, -0.15) is 0 Å². The van der Waals surface area contributed by atoms with Crippen LogP contribution in [0.3, 0.4) is 0 Å². The first kappa shape index (κ1) is 11.5. The number of aromatic nitrogens is 2. The van der Waals surface area contributed by atoms with Crippen molar-refractivity contribution in [2.24, 2.45) is 0 Å². The molecule has 0 bridgehead atoms. The molecule has 1 heterocycles. The molecule has 2 rings (SSSR count). The monoisotopic (exact) mass is 219 g/mol. The molecule has 0 amide bonds. The summed E-state index contributed by atoms with van der Waals surface area (Å²) in [5.41, 5.74) is 2.38. The molecule has 0 saturated heterocycles. The maximum Gasteiger partial charge on any atom is 0.125 e. The molecule has 1 aromatic rings. The lowest BCUT2D eigenvalue weighted by atomic mass is 9.86. The topological polar surface area (TPSA) is 37.8 Å². The highest BCUT2D eigenvalue weighted by Crippen LogP contribution is 2.31. The molecular weight excluding hydrogens is 198 g/mol. The van der Waals surface area contributed by atoms with Crippen LogP contribution in [0.15, 0.2) is 6.07 Å². The SMILES string of the molecule is CNCc1cc(C2CCCCC2)nc(C)n1. The Morgan fingerprint density at radius 3 is 2.69 bits per heavy atom. The molecule has 1 aromatic heterocycles. The first-order valence-electron chi connectivity index (χ1n) is 6.28. The van der Waals surface area contributed by atoms with E-state index in [1.807, 2.05) is 14.0 Å². The van der Waals surface area contributed by atoms with Crippen LogP contribution in [0.4, 0.5) is 0 Å². The van der Waals surface area contributed by atoms with E-state index in [4.69, 9.17) is 0 Å². The van der Waals surface area contributed by atoms with Crippen LogP contribution >= 0.6 is 0 Å². The highest BCUT2D eigenvalue weighted by molar-refractivity contribution is 5.15. The fourth-order valence-electron chi connectivity index (χ4n) is 2.53. The molecule has 0 atom stereocenters. The van der Waals surface area contributed by atoms with E-state index >= 15 is 0 Å². The van der Waals surface area contributed by atoms with Crippen molar-refractivity contribution in [3.8, 4) is 0 Å². The smallest absolute Gasteiger partial charge is 0.125 e. The summed E-state index contributed by atoms with van der Waals surface area (Å²) in [4.78, 5) is 9.05. The van der Waals surface area contributed by atoms with Gasteiger partial charge in [0.2, 0.25) is 0 Å². The molecule has 0 spiro atoms. The molecule has 1 saturated carbocycles. The first-order valence-corrected chi connectivity index (χ1v) is 6.28. The van der Waals surface area contributed by atoms with Crippen molar-refractivity contribution in [3.05, 3.63) is 23.3 Å². The zero-order valence-corrected chi connectivity index (χ0v) is 10.3. The normalized spacial score (nSPS) is 17.6. The third-order valence-electron chi connectivity index (χ3n) is 3.29. The summed E-state index contributed by atoms with van der Waals surface area (Å²) < 4.78 is 0. The summed E-state index contributed by atoms with van der Waals surface area (Å²) in [6, 6.07) is 2.18. The summed E-state index contributed by atoms with van der Waals surface area (Å²) in [7, 11) is 1.96. The Balaban J connectivity index is 2.18. The van der Waals surface area contributed by atoms with Gasteiger partial charge in [0.05, 0.1) is 5.69 Å². The van der Waals surface area contributed by atoms with Gasteiger partial charge in [-0.3, -0.25) is 0 Å². The van der Waals surface area contributed by atoms with Gasteiger partial charge in [0.15, 0.2) is 0 Å². The van der Waals surface area contributed by atoms with Gasteiger partial charge in [0, 0.05) is 18.2 Å². The molecular formula is C13H21N3. The molecule has 0 unspecified atom stereocenters. The Morgan fingerprint density at radius 1 is 1.25 bits per heavy atom. The standard InChI is InChI=1S/C13H21N3/c1-10-15-12(9-14-2)8-13(16-10)11-6-4-3-5-7-11/h8,11,14H,3-7,9H2,1-2H3. The van der Waals surface area contributed by atoms with Crippen LogP contribution in [0.5, 0.6) is 0 Å². The van der Waals surface area contributed by atoms with Crippen molar-refractivity contribution in [2.75, 3.05) is 7.05 Å². The summed E-state index contributed by atoms with van der Waals surface area (Å²) in [5, 5.41) is 3.15. The predicted molar refractivity (Wildman–Crippen MR) is 65.4 cm³/mol. The summed E-state index contributed by atoms with van der Waals surface area (Å²) in [6.07, 6.45) is 6.71. The van der Waals surface area contributed by atoms with Crippen LogP contribution in [0.25, 0.3) is 0 Å². The van der Waals surface area contributed by atoms with Crippen molar-refractivity contribution in [2.45, 2.75) is 51.5 Å². The number of nitrogens with zero attached hydrogens (tertiary/aromatic N) is 2. The van der Waals surface area contributed by atoms with Crippen molar-refractivity contribution in [1.29, 1.82) is 0 Å². The average Bonchev–Trinajstić information content (AvgIpc) is 2.30. The van der Waals surface area contributed by atoms with Crippen LogP contribution in [-0.4, -0.2) is 17.0 Å². The van der Waals surface area contributed by atoms with Gasteiger partial charge in [0.1, 0.15) is 5.82 Å². The summed E-state index contributed by atoms with van der Waals surface area (Å²) in [6.45, 7) is 2.83. The largest absolute Gasteiger partial charge is 0.314 e. The minimum atomic E-state index is 0.672. The van der Waals surface area contributed by atoms with Gasteiger partial charge in [-0.15, -0.1) is 0 Å². The molecule has 0 aliphatic heterocycles. The van der Waals surface area contributed by atoms with Crippen LogP contribution in [0.1, 0.15) is 55.2 Å². The molecule has 1 fully saturated rings. The maximum atomic E-state index is 4.60. The Morgan fingerprint density at radius 2 is 2.00 bits per heavy atom. The highest BCUT2D eigenvalue weighted by Gasteiger charge is 2.17. The molecule has 3 nitrogen and oxygen atoms in total. The molecule has 88 valence electrons.